The number of benzene rings is 1. The molecule has 0 radical (unpaired) electrons. The lowest BCUT2D eigenvalue weighted by atomic mass is 10.0. The molecule has 1 saturated heterocycles. The van der Waals surface area contributed by atoms with E-state index in [-0.39, 0.29) is 11.9 Å². The fourth-order valence-electron chi connectivity index (χ4n) is 2.03. The van der Waals surface area contributed by atoms with Crippen molar-refractivity contribution in [3.8, 4) is 0 Å². The van der Waals surface area contributed by atoms with Gasteiger partial charge in [-0.25, -0.2) is 4.79 Å². The second-order valence-electron chi connectivity index (χ2n) is 4.94. The van der Waals surface area contributed by atoms with E-state index in [2.05, 4.69) is 5.32 Å². The summed E-state index contributed by atoms with van der Waals surface area (Å²) in [7, 11) is 0. The molecule has 0 spiro atoms. The summed E-state index contributed by atoms with van der Waals surface area (Å²) in [5.74, 6) is -0.261. The van der Waals surface area contributed by atoms with E-state index in [4.69, 9.17) is 0 Å². The van der Waals surface area contributed by atoms with Crippen LogP contribution in [0.2, 0.25) is 0 Å². The van der Waals surface area contributed by atoms with Crippen LogP contribution in [-0.2, 0) is 4.79 Å². The molecule has 1 aliphatic heterocycles. The topological polar surface area (TPSA) is 49.4 Å². The smallest absolute Gasteiger partial charge is 0.279 e. The zero-order valence-electron chi connectivity index (χ0n) is 10.5. The number of carbonyl (C=O) groups excluding carboxylic acids is 2. The third-order valence-electron chi connectivity index (χ3n) is 3.14. The van der Waals surface area contributed by atoms with Crippen LogP contribution in [0.1, 0.15) is 25.0 Å². The molecule has 1 N–H and O–H groups in total. The van der Waals surface area contributed by atoms with Crippen molar-refractivity contribution in [1.82, 2.24) is 5.32 Å². The van der Waals surface area contributed by atoms with Crippen molar-refractivity contribution < 1.29 is 9.59 Å². The number of carbonyl (C=O) groups is 2. The van der Waals surface area contributed by atoms with Gasteiger partial charge in [0.25, 0.3) is 5.91 Å². The SMILES string of the molecule is Cc1ccc(C)c(N2C(=O)NC(=O)C2(C)C)c1. The lowest BCUT2D eigenvalue weighted by Crippen LogP contribution is -2.44. The first-order valence-electron chi connectivity index (χ1n) is 5.57. The lowest BCUT2D eigenvalue weighted by molar-refractivity contribution is -0.122. The molecule has 0 bridgehead atoms. The molecule has 1 aliphatic rings. The summed E-state index contributed by atoms with van der Waals surface area (Å²) >= 11 is 0. The second kappa shape index (κ2) is 3.58. The van der Waals surface area contributed by atoms with Gasteiger partial charge in [0.1, 0.15) is 5.54 Å². The van der Waals surface area contributed by atoms with Crippen LogP contribution >= 0.6 is 0 Å². The van der Waals surface area contributed by atoms with Crippen LogP contribution in [0.3, 0.4) is 0 Å². The van der Waals surface area contributed by atoms with E-state index in [9.17, 15) is 9.59 Å². The minimum absolute atomic E-state index is 0.261. The Labute approximate surface area is 101 Å². The van der Waals surface area contributed by atoms with E-state index in [1.807, 2.05) is 32.0 Å². The molecule has 3 amide bonds. The Hall–Kier alpha value is -1.84. The fourth-order valence-corrected chi connectivity index (χ4v) is 2.03. The maximum absolute atomic E-state index is 11.9. The summed E-state index contributed by atoms with van der Waals surface area (Å²) in [5.41, 5.74) is 2.00. The average molecular weight is 232 g/mol. The lowest BCUT2D eigenvalue weighted by Gasteiger charge is -2.29. The highest BCUT2D eigenvalue weighted by molar-refractivity contribution is 6.16. The summed E-state index contributed by atoms with van der Waals surface area (Å²) in [6.45, 7) is 7.39. The van der Waals surface area contributed by atoms with Gasteiger partial charge in [-0.2, -0.15) is 0 Å². The maximum atomic E-state index is 11.9. The van der Waals surface area contributed by atoms with E-state index in [0.29, 0.717) is 0 Å². The maximum Gasteiger partial charge on any atom is 0.329 e. The first-order valence-corrected chi connectivity index (χ1v) is 5.57. The number of urea groups is 1. The fraction of sp³-hybridized carbons (Fsp3) is 0.385. The first kappa shape index (κ1) is 11.6. The molecule has 2 rings (SSSR count). The monoisotopic (exact) mass is 232 g/mol. The Morgan fingerprint density at radius 3 is 2.35 bits per heavy atom. The Bertz CT molecular complexity index is 506. The molecule has 90 valence electrons. The Balaban J connectivity index is 2.56. The largest absolute Gasteiger partial charge is 0.329 e. The number of hydrogen-bond acceptors (Lipinski definition) is 2. The van der Waals surface area contributed by atoms with E-state index in [0.717, 1.165) is 16.8 Å². The van der Waals surface area contributed by atoms with Crippen LogP contribution in [-0.4, -0.2) is 17.5 Å². The van der Waals surface area contributed by atoms with Crippen LogP contribution in [0.5, 0.6) is 0 Å². The van der Waals surface area contributed by atoms with Crippen LogP contribution in [0.4, 0.5) is 10.5 Å². The molecule has 0 aliphatic carbocycles. The van der Waals surface area contributed by atoms with Crippen molar-refractivity contribution in [2.45, 2.75) is 33.2 Å². The van der Waals surface area contributed by atoms with Gasteiger partial charge in [0.05, 0.1) is 0 Å². The first-order chi connectivity index (χ1) is 7.84. The molecule has 1 fully saturated rings. The van der Waals surface area contributed by atoms with Crippen molar-refractivity contribution in [3.05, 3.63) is 29.3 Å². The highest BCUT2D eigenvalue weighted by Gasteiger charge is 2.46. The van der Waals surface area contributed by atoms with E-state index in [1.54, 1.807) is 13.8 Å². The van der Waals surface area contributed by atoms with Crippen molar-refractivity contribution in [1.29, 1.82) is 0 Å². The summed E-state index contributed by atoms with van der Waals surface area (Å²) in [5, 5.41) is 2.35. The Morgan fingerprint density at radius 1 is 1.18 bits per heavy atom. The number of nitrogens with zero attached hydrogens (tertiary/aromatic N) is 1. The number of amides is 3. The Kier molecular flexibility index (Phi) is 2.45. The summed E-state index contributed by atoms with van der Waals surface area (Å²) in [6.07, 6.45) is 0. The molecule has 4 heteroatoms. The van der Waals surface area contributed by atoms with Gasteiger partial charge < -0.3 is 0 Å². The zero-order chi connectivity index (χ0) is 12.8. The molecular weight excluding hydrogens is 216 g/mol. The molecule has 0 saturated carbocycles. The molecule has 0 atom stereocenters. The van der Waals surface area contributed by atoms with Crippen LogP contribution in [0.15, 0.2) is 18.2 Å². The normalized spacial score (nSPS) is 18.5. The molecule has 1 aromatic rings. The van der Waals surface area contributed by atoms with Gasteiger partial charge in [0.2, 0.25) is 0 Å². The van der Waals surface area contributed by atoms with Gasteiger partial charge >= 0.3 is 6.03 Å². The van der Waals surface area contributed by atoms with Gasteiger partial charge in [0.15, 0.2) is 0 Å². The van der Waals surface area contributed by atoms with Gasteiger partial charge in [-0.05, 0) is 44.9 Å². The summed E-state index contributed by atoms with van der Waals surface area (Å²) < 4.78 is 0. The van der Waals surface area contributed by atoms with Crippen LogP contribution in [0.25, 0.3) is 0 Å². The predicted octanol–water partition coefficient (Wildman–Crippen LogP) is 2.14. The highest BCUT2D eigenvalue weighted by Crippen LogP contribution is 2.31. The molecular formula is C13H16N2O2. The average Bonchev–Trinajstić information content (AvgIpc) is 2.41. The van der Waals surface area contributed by atoms with Gasteiger partial charge in [-0.1, -0.05) is 12.1 Å². The number of anilines is 1. The molecule has 0 unspecified atom stereocenters. The molecule has 1 heterocycles. The van der Waals surface area contributed by atoms with Gasteiger partial charge in [-0.15, -0.1) is 0 Å². The number of nitrogens with one attached hydrogen (secondary N) is 1. The minimum Gasteiger partial charge on any atom is -0.279 e. The van der Waals surface area contributed by atoms with Crippen molar-refractivity contribution >= 4 is 17.6 Å². The molecule has 4 nitrogen and oxygen atoms in total. The molecule has 1 aromatic carbocycles. The number of imide groups is 1. The predicted molar refractivity (Wildman–Crippen MR) is 66.0 cm³/mol. The van der Waals surface area contributed by atoms with Crippen molar-refractivity contribution in [2.75, 3.05) is 4.90 Å². The van der Waals surface area contributed by atoms with Crippen molar-refractivity contribution in [3.63, 3.8) is 0 Å². The van der Waals surface area contributed by atoms with Crippen LogP contribution < -0.4 is 10.2 Å². The summed E-state index contributed by atoms with van der Waals surface area (Å²) in [4.78, 5) is 25.1. The summed E-state index contributed by atoms with van der Waals surface area (Å²) in [6, 6.07) is 5.52. The van der Waals surface area contributed by atoms with E-state index < -0.39 is 5.54 Å². The molecule has 0 aromatic heterocycles. The Morgan fingerprint density at radius 2 is 1.82 bits per heavy atom. The van der Waals surface area contributed by atoms with Crippen LogP contribution in [0, 0.1) is 13.8 Å². The standard InChI is InChI=1S/C13H16N2O2/c1-8-5-6-9(2)10(7-8)15-12(17)14-11(16)13(15,3)4/h5-7H,1-4H3,(H,14,16,17). The third kappa shape index (κ3) is 1.69. The zero-order valence-corrected chi connectivity index (χ0v) is 10.5. The third-order valence-corrected chi connectivity index (χ3v) is 3.14. The molecule has 17 heavy (non-hydrogen) atoms. The quantitative estimate of drug-likeness (QED) is 0.754. The van der Waals surface area contributed by atoms with Gasteiger partial charge in [0, 0.05) is 5.69 Å². The van der Waals surface area contributed by atoms with E-state index in [1.165, 1.54) is 4.90 Å². The number of aryl methyl sites for hydroxylation is 2. The van der Waals surface area contributed by atoms with Gasteiger partial charge in [-0.3, -0.25) is 15.0 Å². The van der Waals surface area contributed by atoms with Crippen molar-refractivity contribution in [2.24, 2.45) is 0 Å². The highest BCUT2D eigenvalue weighted by atomic mass is 16.2. The number of rotatable bonds is 1. The van der Waals surface area contributed by atoms with E-state index >= 15 is 0 Å². The second-order valence-corrected chi connectivity index (χ2v) is 4.94. The minimum atomic E-state index is -0.838. The number of hydrogen-bond donors (Lipinski definition) is 1.